The maximum atomic E-state index is 11.7. The Morgan fingerprint density at radius 2 is 2.00 bits per heavy atom. The molecular weight excluding hydrogens is 226 g/mol. The second kappa shape index (κ2) is 6.36. The summed E-state index contributed by atoms with van der Waals surface area (Å²) in [5, 5.41) is 12.0. The topological polar surface area (TPSA) is 49.3 Å². The van der Waals surface area contributed by atoms with E-state index in [0.717, 1.165) is 5.56 Å². The van der Waals surface area contributed by atoms with Crippen LogP contribution >= 0.6 is 0 Å². The van der Waals surface area contributed by atoms with Crippen molar-refractivity contribution < 1.29 is 9.90 Å². The minimum atomic E-state index is -0.547. The van der Waals surface area contributed by atoms with E-state index < -0.39 is 5.54 Å². The third-order valence-electron chi connectivity index (χ3n) is 3.06. The van der Waals surface area contributed by atoms with Crippen LogP contribution in [0.15, 0.2) is 30.3 Å². The van der Waals surface area contributed by atoms with Gasteiger partial charge in [0.25, 0.3) is 0 Å². The van der Waals surface area contributed by atoms with Gasteiger partial charge in [-0.3, -0.25) is 4.79 Å². The van der Waals surface area contributed by atoms with E-state index in [1.165, 1.54) is 11.6 Å². The molecule has 0 spiro atoms. The maximum Gasteiger partial charge on any atom is 0.244 e. The Balaban J connectivity index is 2.62. The van der Waals surface area contributed by atoms with Crippen LogP contribution in [0.2, 0.25) is 0 Å². The normalized spacial score (nSPS) is 14.4. The molecule has 3 heteroatoms. The van der Waals surface area contributed by atoms with E-state index in [1.54, 1.807) is 6.08 Å². The Morgan fingerprint density at radius 1 is 1.39 bits per heavy atom. The van der Waals surface area contributed by atoms with Crippen LogP contribution in [0.5, 0.6) is 0 Å². The van der Waals surface area contributed by atoms with Gasteiger partial charge in [0.05, 0.1) is 12.1 Å². The number of benzene rings is 1. The fourth-order valence-corrected chi connectivity index (χ4v) is 1.43. The minimum absolute atomic E-state index is 0.0619. The van der Waals surface area contributed by atoms with E-state index in [4.69, 9.17) is 0 Å². The highest BCUT2D eigenvalue weighted by Crippen LogP contribution is 2.08. The zero-order valence-corrected chi connectivity index (χ0v) is 11.2. The summed E-state index contributed by atoms with van der Waals surface area (Å²) >= 11 is 0. The number of aryl methyl sites for hydroxylation is 1. The van der Waals surface area contributed by atoms with Gasteiger partial charge in [-0.1, -0.05) is 36.8 Å². The Labute approximate surface area is 109 Å². The molecule has 3 nitrogen and oxygen atoms in total. The Hall–Kier alpha value is -1.61. The first-order valence-corrected chi connectivity index (χ1v) is 6.17. The lowest BCUT2D eigenvalue weighted by molar-refractivity contribution is -0.118. The Kier molecular flexibility index (Phi) is 5.10. The number of hydrogen-bond donors (Lipinski definition) is 2. The minimum Gasteiger partial charge on any atom is -0.394 e. The Bertz CT molecular complexity index is 417. The van der Waals surface area contributed by atoms with Crippen molar-refractivity contribution in [3.63, 3.8) is 0 Å². The SMILES string of the molecule is CCC(C)(CO)NC(=O)C=Cc1ccc(C)cc1. The molecule has 0 aliphatic carbocycles. The molecule has 1 aromatic rings. The van der Waals surface area contributed by atoms with Crippen LogP contribution in [0, 0.1) is 6.92 Å². The zero-order valence-electron chi connectivity index (χ0n) is 11.2. The first kappa shape index (κ1) is 14.5. The highest BCUT2D eigenvalue weighted by molar-refractivity contribution is 5.92. The third kappa shape index (κ3) is 4.34. The van der Waals surface area contributed by atoms with Crippen molar-refractivity contribution in [3.05, 3.63) is 41.5 Å². The number of amides is 1. The highest BCUT2D eigenvalue weighted by Gasteiger charge is 2.21. The molecule has 1 amide bonds. The molecule has 1 unspecified atom stereocenters. The highest BCUT2D eigenvalue weighted by atomic mass is 16.3. The molecule has 0 aliphatic rings. The van der Waals surface area contributed by atoms with Crippen LogP contribution in [0.1, 0.15) is 31.4 Å². The van der Waals surface area contributed by atoms with Gasteiger partial charge in [-0.05, 0) is 31.9 Å². The summed E-state index contributed by atoms with van der Waals surface area (Å²) in [4.78, 5) is 11.7. The first-order valence-electron chi connectivity index (χ1n) is 6.17. The average molecular weight is 247 g/mol. The fourth-order valence-electron chi connectivity index (χ4n) is 1.43. The number of carbonyl (C=O) groups excluding carboxylic acids is 1. The zero-order chi connectivity index (χ0) is 13.6. The van der Waals surface area contributed by atoms with Crippen molar-refractivity contribution in [1.29, 1.82) is 0 Å². The van der Waals surface area contributed by atoms with Gasteiger partial charge in [-0.25, -0.2) is 0 Å². The fraction of sp³-hybridized carbons (Fsp3) is 0.400. The number of aliphatic hydroxyl groups excluding tert-OH is 1. The molecule has 1 rings (SSSR count). The lowest BCUT2D eigenvalue weighted by Gasteiger charge is -2.26. The van der Waals surface area contributed by atoms with Gasteiger partial charge in [-0.2, -0.15) is 0 Å². The molecule has 0 heterocycles. The summed E-state index contributed by atoms with van der Waals surface area (Å²) in [5.74, 6) is -0.186. The second-order valence-corrected chi connectivity index (χ2v) is 4.81. The molecule has 0 saturated carbocycles. The molecule has 0 radical (unpaired) electrons. The molecule has 1 aromatic carbocycles. The monoisotopic (exact) mass is 247 g/mol. The average Bonchev–Trinajstić information content (AvgIpc) is 2.38. The molecule has 1 atom stereocenters. The third-order valence-corrected chi connectivity index (χ3v) is 3.06. The quantitative estimate of drug-likeness (QED) is 0.784. The van der Waals surface area contributed by atoms with Crippen LogP contribution in [-0.4, -0.2) is 23.2 Å². The van der Waals surface area contributed by atoms with Crippen molar-refractivity contribution in [1.82, 2.24) is 5.32 Å². The van der Waals surface area contributed by atoms with Gasteiger partial charge < -0.3 is 10.4 Å². The molecule has 98 valence electrons. The van der Waals surface area contributed by atoms with Gasteiger partial charge >= 0.3 is 0 Å². The molecule has 0 saturated heterocycles. The number of rotatable bonds is 5. The maximum absolute atomic E-state index is 11.7. The van der Waals surface area contributed by atoms with Crippen LogP contribution in [0.3, 0.4) is 0 Å². The molecule has 0 aliphatic heterocycles. The van der Waals surface area contributed by atoms with Crippen LogP contribution in [0.4, 0.5) is 0 Å². The predicted molar refractivity (Wildman–Crippen MR) is 74.1 cm³/mol. The van der Waals surface area contributed by atoms with Gasteiger partial charge in [-0.15, -0.1) is 0 Å². The predicted octanol–water partition coefficient (Wildman–Crippen LogP) is 2.29. The van der Waals surface area contributed by atoms with Crippen LogP contribution in [0.25, 0.3) is 6.08 Å². The number of hydrogen-bond acceptors (Lipinski definition) is 2. The summed E-state index contributed by atoms with van der Waals surface area (Å²) in [6.07, 6.45) is 3.95. The van der Waals surface area contributed by atoms with Crippen molar-refractivity contribution >= 4 is 12.0 Å². The summed E-state index contributed by atoms with van der Waals surface area (Å²) in [6, 6.07) is 7.93. The van der Waals surface area contributed by atoms with E-state index >= 15 is 0 Å². The van der Waals surface area contributed by atoms with Gasteiger partial charge in [0.2, 0.25) is 5.91 Å². The van der Waals surface area contributed by atoms with Crippen molar-refractivity contribution in [2.45, 2.75) is 32.7 Å². The molecular formula is C15H21NO2. The van der Waals surface area contributed by atoms with Crippen molar-refractivity contribution in [3.8, 4) is 0 Å². The Morgan fingerprint density at radius 3 is 2.50 bits per heavy atom. The molecule has 0 aromatic heterocycles. The second-order valence-electron chi connectivity index (χ2n) is 4.81. The van der Waals surface area contributed by atoms with E-state index in [9.17, 15) is 9.90 Å². The van der Waals surface area contributed by atoms with Gasteiger partial charge in [0.15, 0.2) is 0 Å². The van der Waals surface area contributed by atoms with E-state index in [0.29, 0.717) is 6.42 Å². The van der Waals surface area contributed by atoms with Gasteiger partial charge in [0, 0.05) is 6.08 Å². The summed E-state index contributed by atoms with van der Waals surface area (Å²) in [5.41, 5.74) is 1.63. The van der Waals surface area contributed by atoms with Crippen molar-refractivity contribution in [2.24, 2.45) is 0 Å². The van der Waals surface area contributed by atoms with Crippen LogP contribution in [-0.2, 0) is 4.79 Å². The van der Waals surface area contributed by atoms with E-state index in [-0.39, 0.29) is 12.5 Å². The van der Waals surface area contributed by atoms with E-state index in [1.807, 2.05) is 45.0 Å². The standard InChI is InChI=1S/C15H21NO2/c1-4-15(3,11-17)16-14(18)10-9-13-7-5-12(2)6-8-13/h5-10,17H,4,11H2,1-3H3,(H,16,18). The van der Waals surface area contributed by atoms with E-state index in [2.05, 4.69) is 5.32 Å². The molecule has 0 fully saturated rings. The lowest BCUT2D eigenvalue weighted by atomic mass is 10.0. The molecule has 2 N–H and O–H groups in total. The number of aliphatic hydroxyl groups is 1. The lowest BCUT2D eigenvalue weighted by Crippen LogP contribution is -2.47. The number of carbonyl (C=O) groups is 1. The van der Waals surface area contributed by atoms with Crippen molar-refractivity contribution in [2.75, 3.05) is 6.61 Å². The first-order chi connectivity index (χ1) is 8.49. The summed E-state index contributed by atoms with van der Waals surface area (Å²) < 4.78 is 0. The largest absolute Gasteiger partial charge is 0.394 e. The summed E-state index contributed by atoms with van der Waals surface area (Å²) in [6.45, 7) is 5.71. The van der Waals surface area contributed by atoms with Crippen LogP contribution < -0.4 is 5.32 Å². The van der Waals surface area contributed by atoms with Gasteiger partial charge in [0.1, 0.15) is 0 Å². The molecule has 0 bridgehead atoms. The molecule has 18 heavy (non-hydrogen) atoms. The summed E-state index contributed by atoms with van der Waals surface area (Å²) in [7, 11) is 0. The number of nitrogens with one attached hydrogen (secondary N) is 1. The smallest absolute Gasteiger partial charge is 0.244 e.